The summed E-state index contributed by atoms with van der Waals surface area (Å²) >= 11 is 0. The van der Waals surface area contributed by atoms with Crippen molar-refractivity contribution in [2.24, 2.45) is 17.3 Å². The fourth-order valence-electron chi connectivity index (χ4n) is 6.56. The molecule has 2 spiro atoms. The first-order valence-corrected chi connectivity index (χ1v) is 8.09. The minimum Gasteiger partial charge on any atom is -0.493 e. The van der Waals surface area contributed by atoms with Crippen molar-refractivity contribution in [2.75, 3.05) is 7.11 Å². The van der Waals surface area contributed by atoms with Gasteiger partial charge in [-0.1, -0.05) is 6.07 Å². The van der Waals surface area contributed by atoms with E-state index in [-0.39, 0.29) is 11.5 Å². The zero-order chi connectivity index (χ0) is 14.0. The van der Waals surface area contributed by atoms with Crippen molar-refractivity contribution < 1.29 is 14.3 Å². The van der Waals surface area contributed by atoms with Gasteiger partial charge in [-0.25, -0.2) is 0 Å². The normalized spacial score (nSPS) is 46.7. The second-order valence-corrected chi connectivity index (χ2v) is 7.81. The van der Waals surface area contributed by atoms with Crippen molar-refractivity contribution in [1.29, 1.82) is 0 Å². The molecule has 2 bridgehead atoms. The van der Waals surface area contributed by atoms with Crippen molar-refractivity contribution >= 4 is 5.78 Å². The average molecular weight is 282 g/mol. The highest BCUT2D eigenvalue weighted by Crippen LogP contribution is 2.81. The molecule has 6 rings (SSSR count). The molecule has 1 heterocycles. The number of ether oxygens (including phenoxy) is 2. The third-order valence-electron chi connectivity index (χ3n) is 7.18. The molecular formula is C18H18O3. The second kappa shape index (κ2) is 2.99. The van der Waals surface area contributed by atoms with Gasteiger partial charge in [-0.2, -0.15) is 0 Å². The molecule has 1 unspecified atom stereocenters. The smallest absolute Gasteiger partial charge is 0.174 e. The van der Waals surface area contributed by atoms with Gasteiger partial charge < -0.3 is 9.47 Å². The molecule has 3 saturated carbocycles. The van der Waals surface area contributed by atoms with E-state index in [9.17, 15) is 4.79 Å². The highest BCUT2D eigenvalue weighted by Gasteiger charge is 2.78. The van der Waals surface area contributed by atoms with E-state index >= 15 is 0 Å². The SMILES string of the molecule is COc1ccc2c3c1O[C@H]1C(=O)CCC4[C@@H]5C[C@@]5(C2)C[C@@]341. The Morgan fingerprint density at radius 1 is 1.33 bits per heavy atom. The van der Waals surface area contributed by atoms with Crippen molar-refractivity contribution in [3.8, 4) is 11.5 Å². The molecule has 1 aromatic carbocycles. The predicted molar refractivity (Wildman–Crippen MR) is 75.7 cm³/mol. The fraction of sp³-hybridized carbons (Fsp3) is 0.611. The Labute approximate surface area is 123 Å². The minimum absolute atomic E-state index is 0.00426. The maximum atomic E-state index is 12.6. The number of rotatable bonds is 1. The van der Waals surface area contributed by atoms with Crippen LogP contribution in [0.3, 0.4) is 0 Å². The van der Waals surface area contributed by atoms with E-state index < -0.39 is 0 Å². The molecule has 0 radical (unpaired) electrons. The van der Waals surface area contributed by atoms with E-state index in [0.717, 1.165) is 23.8 Å². The molecular weight excluding hydrogens is 264 g/mol. The number of methoxy groups -OCH3 is 1. The quantitative estimate of drug-likeness (QED) is 0.794. The molecule has 3 heteroatoms. The molecule has 3 fully saturated rings. The van der Waals surface area contributed by atoms with Crippen LogP contribution in [0.2, 0.25) is 0 Å². The lowest BCUT2D eigenvalue weighted by Gasteiger charge is -2.44. The molecule has 21 heavy (non-hydrogen) atoms. The van der Waals surface area contributed by atoms with Crippen LogP contribution in [0.5, 0.6) is 11.5 Å². The maximum Gasteiger partial charge on any atom is 0.174 e. The van der Waals surface area contributed by atoms with Crippen LogP contribution in [0.1, 0.15) is 36.8 Å². The summed E-state index contributed by atoms with van der Waals surface area (Å²) in [5.74, 6) is 3.50. The summed E-state index contributed by atoms with van der Waals surface area (Å²) in [4.78, 5) is 12.6. The summed E-state index contributed by atoms with van der Waals surface area (Å²) < 4.78 is 11.8. The minimum atomic E-state index is -0.230. The maximum absolute atomic E-state index is 12.6. The Kier molecular flexibility index (Phi) is 1.58. The van der Waals surface area contributed by atoms with E-state index in [1.54, 1.807) is 7.11 Å². The first kappa shape index (κ1) is 11.1. The average Bonchev–Trinajstić information content (AvgIpc) is 2.93. The topological polar surface area (TPSA) is 35.5 Å². The largest absolute Gasteiger partial charge is 0.493 e. The molecule has 5 aliphatic rings. The molecule has 0 N–H and O–H groups in total. The van der Waals surface area contributed by atoms with Gasteiger partial charge in [0.25, 0.3) is 0 Å². The lowest BCUT2D eigenvalue weighted by molar-refractivity contribution is -0.132. The van der Waals surface area contributed by atoms with Crippen LogP contribution >= 0.6 is 0 Å². The highest BCUT2D eigenvalue weighted by atomic mass is 16.5. The van der Waals surface area contributed by atoms with Gasteiger partial charge in [-0.05, 0) is 54.6 Å². The van der Waals surface area contributed by atoms with Gasteiger partial charge in [0.15, 0.2) is 23.4 Å². The van der Waals surface area contributed by atoms with E-state index in [4.69, 9.17) is 9.47 Å². The van der Waals surface area contributed by atoms with Gasteiger partial charge in [-0.15, -0.1) is 0 Å². The third kappa shape index (κ3) is 0.957. The Hall–Kier alpha value is -1.51. The first-order valence-electron chi connectivity index (χ1n) is 8.09. The molecule has 0 saturated heterocycles. The van der Waals surface area contributed by atoms with Gasteiger partial charge in [0.2, 0.25) is 0 Å². The van der Waals surface area contributed by atoms with Crippen LogP contribution < -0.4 is 9.47 Å². The summed E-state index contributed by atoms with van der Waals surface area (Å²) in [6.45, 7) is 0. The molecule has 3 nitrogen and oxygen atoms in total. The van der Waals surface area contributed by atoms with Crippen molar-refractivity contribution in [3.05, 3.63) is 23.3 Å². The molecule has 5 atom stereocenters. The number of ketones is 1. The van der Waals surface area contributed by atoms with Crippen molar-refractivity contribution in [2.45, 2.75) is 43.6 Å². The summed E-state index contributed by atoms with van der Waals surface area (Å²) in [5.41, 5.74) is 3.28. The number of Topliss-reactive ketones (excluding diaryl/α,β-unsaturated/α-hetero) is 1. The predicted octanol–water partition coefficient (Wildman–Crippen LogP) is 2.64. The van der Waals surface area contributed by atoms with Crippen LogP contribution in [-0.4, -0.2) is 19.0 Å². The zero-order valence-electron chi connectivity index (χ0n) is 12.1. The van der Waals surface area contributed by atoms with Crippen molar-refractivity contribution in [1.82, 2.24) is 0 Å². The Bertz CT molecular complexity index is 723. The lowest BCUT2D eigenvalue weighted by atomic mass is 9.58. The standard InChI is InChI=1S/C18H18O3/c1-20-13-5-2-9-6-17-7-11(17)10-3-4-12(19)16-18(10,8-17)14(9)15(13)21-16/h2,5,10-11,16H,3-4,6-8H2,1H3/t10?,11-,16-,17-,18-/m0/s1. The second-order valence-electron chi connectivity index (χ2n) is 7.81. The summed E-state index contributed by atoms with van der Waals surface area (Å²) in [6.07, 6.45) is 5.29. The van der Waals surface area contributed by atoms with E-state index in [2.05, 4.69) is 6.07 Å². The number of carbonyl (C=O) groups excluding carboxylic acids is 1. The molecule has 108 valence electrons. The summed E-state index contributed by atoms with van der Waals surface area (Å²) in [5, 5.41) is 0. The van der Waals surface area contributed by atoms with Crippen molar-refractivity contribution in [3.63, 3.8) is 0 Å². The van der Waals surface area contributed by atoms with E-state index in [1.807, 2.05) is 6.07 Å². The van der Waals surface area contributed by atoms with Gasteiger partial charge in [0, 0.05) is 17.4 Å². The van der Waals surface area contributed by atoms with Crippen LogP contribution in [0.15, 0.2) is 12.1 Å². The highest BCUT2D eigenvalue weighted by molar-refractivity contribution is 5.89. The van der Waals surface area contributed by atoms with E-state index in [1.165, 1.54) is 30.4 Å². The number of benzene rings is 1. The van der Waals surface area contributed by atoms with Gasteiger partial charge in [0.1, 0.15) is 0 Å². The number of hydrogen-bond acceptors (Lipinski definition) is 3. The lowest BCUT2D eigenvalue weighted by Crippen LogP contribution is -2.52. The Morgan fingerprint density at radius 2 is 2.24 bits per heavy atom. The van der Waals surface area contributed by atoms with Gasteiger partial charge in [0.05, 0.1) is 7.11 Å². The third-order valence-corrected chi connectivity index (χ3v) is 7.18. The molecule has 0 amide bonds. The molecule has 1 aliphatic heterocycles. The van der Waals surface area contributed by atoms with Crippen LogP contribution in [0.4, 0.5) is 0 Å². The van der Waals surface area contributed by atoms with E-state index in [0.29, 0.717) is 23.5 Å². The van der Waals surface area contributed by atoms with Crippen LogP contribution in [0.25, 0.3) is 0 Å². The summed E-state index contributed by atoms with van der Waals surface area (Å²) in [6, 6.07) is 4.25. The first-order chi connectivity index (χ1) is 10.2. The van der Waals surface area contributed by atoms with Gasteiger partial charge >= 0.3 is 0 Å². The fourth-order valence-corrected chi connectivity index (χ4v) is 6.56. The molecule has 4 aliphatic carbocycles. The zero-order valence-corrected chi connectivity index (χ0v) is 12.1. The molecule has 1 aromatic rings. The van der Waals surface area contributed by atoms with Crippen LogP contribution in [-0.2, 0) is 16.6 Å². The number of fused-ring (bicyclic) bond motifs is 1. The Morgan fingerprint density at radius 3 is 3.10 bits per heavy atom. The van der Waals surface area contributed by atoms with Gasteiger partial charge in [-0.3, -0.25) is 4.79 Å². The van der Waals surface area contributed by atoms with Crippen LogP contribution in [0, 0.1) is 17.3 Å². The monoisotopic (exact) mass is 282 g/mol. The number of carbonyl (C=O) groups is 1. The summed E-state index contributed by atoms with van der Waals surface area (Å²) in [7, 11) is 1.69. The number of hydrogen-bond donors (Lipinski definition) is 0. The molecule has 0 aromatic heterocycles. The Balaban J connectivity index is 1.70.